The van der Waals surface area contributed by atoms with E-state index in [1.165, 1.54) is 22.7 Å². The third kappa shape index (κ3) is 5.51. The maximum absolute atomic E-state index is 5.75. The van der Waals surface area contributed by atoms with E-state index in [9.17, 15) is 0 Å². The molecule has 4 rings (SSSR count). The summed E-state index contributed by atoms with van der Waals surface area (Å²) in [5.41, 5.74) is 3.64. The van der Waals surface area contributed by atoms with Gasteiger partial charge in [-0.15, -0.1) is 21.5 Å². The Hall–Kier alpha value is -3.13. The number of nitrogens with zero attached hydrogens (tertiary/aromatic N) is 6. The Bertz CT molecular complexity index is 1410. The predicted octanol–water partition coefficient (Wildman–Crippen LogP) is 6.18. The molecule has 0 spiro atoms. The summed E-state index contributed by atoms with van der Waals surface area (Å²) in [7, 11) is 1.70. The molecule has 0 fully saturated rings. The van der Waals surface area contributed by atoms with E-state index in [1.807, 2.05) is 21.9 Å². The van der Waals surface area contributed by atoms with Gasteiger partial charge in [-0.3, -0.25) is 0 Å². The molecule has 1 aromatic carbocycles. The minimum Gasteiger partial charge on any atom is -0.496 e. The number of fused-ring (bicyclic) bond motifs is 1. The minimum absolute atomic E-state index is 0.159. The van der Waals surface area contributed by atoms with Gasteiger partial charge in [0.05, 0.1) is 23.4 Å². The number of hydrogen-bond acceptors (Lipinski definition) is 7. The van der Waals surface area contributed by atoms with Crippen molar-refractivity contribution in [3.63, 3.8) is 0 Å². The third-order valence-electron chi connectivity index (χ3n) is 6.97. The molecule has 0 bridgehead atoms. The Morgan fingerprint density at radius 1 is 0.974 bits per heavy atom. The second-order valence-corrected chi connectivity index (χ2v) is 11.7. The maximum atomic E-state index is 5.75. The number of methoxy groups -OCH3 is 1. The van der Waals surface area contributed by atoms with Crippen LogP contribution in [0.25, 0.3) is 23.1 Å². The van der Waals surface area contributed by atoms with Crippen molar-refractivity contribution in [3.05, 3.63) is 46.1 Å². The van der Waals surface area contributed by atoms with E-state index in [4.69, 9.17) is 9.84 Å². The summed E-state index contributed by atoms with van der Waals surface area (Å²) in [6.07, 6.45) is 4.63. The Balaban J connectivity index is 1.86. The number of anilines is 2. The average Bonchev–Trinajstić information content (AvgIpc) is 3.62. The lowest BCUT2D eigenvalue weighted by Crippen LogP contribution is -2.22. The Labute approximate surface area is 231 Å². The van der Waals surface area contributed by atoms with Crippen LogP contribution in [-0.2, 0) is 5.41 Å². The molecule has 0 saturated carbocycles. The van der Waals surface area contributed by atoms with Crippen molar-refractivity contribution in [2.24, 2.45) is 0 Å². The summed E-state index contributed by atoms with van der Waals surface area (Å²) in [5.74, 6) is 1.45. The summed E-state index contributed by atoms with van der Waals surface area (Å²) in [6, 6.07) is 10.7. The predicted molar refractivity (Wildman–Crippen MR) is 161 cm³/mol. The zero-order valence-electron chi connectivity index (χ0n) is 24.2. The zero-order chi connectivity index (χ0) is 27.4. The first-order valence-electron chi connectivity index (χ1n) is 13.8. The average molecular weight is 535 g/mol. The van der Waals surface area contributed by atoms with Gasteiger partial charge in [-0.05, 0) is 63.6 Å². The molecule has 3 heterocycles. The van der Waals surface area contributed by atoms with Crippen molar-refractivity contribution in [1.29, 1.82) is 0 Å². The number of benzene rings is 1. The van der Waals surface area contributed by atoms with Gasteiger partial charge in [-0.1, -0.05) is 34.1 Å². The van der Waals surface area contributed by atoms with Crippen molar-refractivity contribution >= 4 is 33.7 Å². The highest BCUT2D eigenvalue weighted by molar-refractivity contribution is 7.16. The van der Waals surface area contributed by atoms with Gasteiger partial charge in [-0.2, -0.15) is 9.61 Å². The number of unbranched alkanes of at least 4 members (excludes halogenated alkanes) is 1. The van der Waals surface area contributed by atoms with E-state index in [0.717, 1.165) is 59.7 Å². The molecule has 0 unspecified atom stereocenters. The van der Waals surface area contributed by atoms with Crippen LogP contribution in [0.5, 0.6) is 5.75 Å². The van der Waals surface area contributed by atoms with Crippen LogP contribution in [0.1, 0.15) is 71.9 Å². The van der Waals surface area contributed by atoms with Crippen molar-refractivity contribution in [1.82, 2.24) is 19.8 Å². The Morgan fingerprint density at radius 3 is 2.34 bits per heavy atom. The van der Waals surface area contributed by atoms with Gasteiger partial charge in [-0.25, -0.2) is 0 Å². The lowest BCUT2D eigenvalue weighted by atomic mass is 9.91. The molecule has 7 nitrogen and oxygen atoms in total. The summed E-state index contributed by atoms with van der Waals surface area (Å²) in [5, 5.41) is 16.7. The smallest absolute Gasteiger partial charge is 0.189 e. The molecule has 0 aliphatic carbocycles. The van der Waals surface area contributed by atoms with Crippen molar-refractivity contribution in [3.8, 4) is 17.1 Å². The highest BCUT2D eigenvalue weighted by atomic mass is 32.1. The zero-order valence-corrected chi connectivity index (χ0v) is 25.0. The normalized spacial score (nSPS) is 12.5. The summed E-state index contributed by atoms with van der Waals surface area (Å²) in [4.78, 5) is 5.97. The maximum Gasteiger partial charge on any atom is 0.189 e. The number of ether oxygens (including phenoxy) is 1. The van der Waals surface area contributed by atoms with Gasteiger partial charge in [0.1, 0.15) is 5.75 Å². The molecule has 0 aliphatic rings. The van der Waals surface area contributed by atoms with E-state index >= 15 is 0 Å². The van der Waals surface area contributed by atoms with Gasteiger partial charge < -0.3 is 14.5 Å². The van der Waals surface area contributed by atoms with E-state index in [0.29, 0.717) is 5.82 Å². The van der Waals surface area contributed by atoms with Crippen LogP contribution in [0.2, 0.25) is 0 Å². The van der Waals surface area contributed by atoms with Crippen LogP contribution in [0, 0.1) is 0 Å². The first kappa shape index (κ1) is 27.9. The van der Waals surface area contributed by atoms with E-state index in [1.54, 1.807) is 7.11 Å². The van der Waals surface area contributed by atoms with Gasteiger partial charge in [0, 0.05) is 47.4 Å². The molecule has 0 atom stereocenters. The quantitative estimate of drug-likeness (QED) is 0.229. The molecule has 204 valence electrons. The van der Waals surface area contributed by atoms with Crippen LogP contribution in [0.15, 0.2) is 30.3 Å². The fourth-order valence-electron chi connectivity index (χ4n) is 4.82. The molecule has 8 heteroatoms. The van der Waals surface area contributed by atoms with Gasteiger partial charge >= 0.3 is 0 Å². The molecule has 0 radical (unpaired) electrons. The SMILES string of the molecule is CCCCN(CC)c1ccc(/C=c2/c(C(C)(C)C)nn3c(-c4cc(N(CC)CC)ccc4OC)nnc23)s1. The van der Waals surface area contributed by atoms with Crippen LogP contribution in [0.3, 0.4) is 0 Å². The number of rotatable bonds is 11. The van der Waals surface area contributed by atoms with Crippen LogP contribution in [-0.4, -0.2) is 53.1 Å². The summed E-state index contributed by atoms with van der Waals surface area (Å²) < 4.78 is 7.64. The van der Waals surface area contributed by atoms with Gasteiger partial charge in [0.15, 0.2) is 11.5 Å². The van der Waals surface area contributed by atoms with Crippen LogP contribution < -0.4 is 19.8 Å². The fraction of sp³-hybridized carbons (Fsp3) is 0.500. The van der Waals surface area contributed by atoms with Crippen molar-refractivity contribution in [2.75, 3.05) is 43.1 Å². The fourth-order valence-corrected chi connectivity index (χ4v) is 5.86. The highest BCUT2D eigenvalue weighted by Gasteiger charge is 2.25. The van der Waals surface area contributed by atoms with Crippen LogP contribution in [0.4, 0.5) is 10.7 Å². The molecule has 0 N–H and O–H groups in total. The molecule has 0 aliphatic heterocycles. The standard InChI is InChI=1S/C30H42N6OS/c1-9-13-18-35(12-4)26-17-15-22(38-26)20-24-27(30(5,6)7)33-36-28(31-32-29(24)36)23-19-21(34(10-2)11-3)14-16-25(23)37-8/h14-17,19-20H,9-13,18H2,1-8H3/b24-20-. The summed E-state index contributed by atoms with van der Waals surface area (Å²) in [6.45, 7) is 19.3. The second-order valence-electron chi connectivity index (χ2n) is 10.6. The van der Waals surface area contributed by atoms with E-state index in [2.05, 4.69) is 98.8 Å². The molecule has 3 aromatic heterocycles. The molecule has 0 saturated heterocycles. The first-order chi connectivity index (χ1) is 18.2. The largest absolute Gasteiger partial charge is 0.496 e. The second kappa shape index (κ2) is 11.7. The summed E-state index contributed by atoms with van der Waals surface area (Å²) >= 11 is 1.82. The van der Waals surface area contributed by atoms with Crippen LogP contribution >= 0.6 is 11.3 Å². The number of hydrogen-bond donors (Lipinski definition) is 0. The van der Waals surface area contributed by atoms with E-state index in [-0.39, 0.29) is 5.41 Å². The lowest BCUT2D eigenvalue weighted by molar-refractivity contribution is 0.416. The minimum atomic E-state index is -0.159. The van der Waals surface area contributed by atoms with E-state index < -0.39 is 0 Å². The molecule has 0 amide bonds. The van der Waals surface area contributed by atoms with Crippen molar-refractivity contribution < 1.29 is 4.74 Å². The monoisotopic (exact) mass is 534 g/mol. The molecule has 38 heavy (non-hydrogen) atoms. The first-order valence-corrected chi connectivity index (χ1v) is 14.6. The number of thiophene rings is 1. The topological polar surface area (TPSA) is 58.8 Å². The van der Waals surface area contributed by atoms with Gasteiger partial charge in [0.2, 0.25) is 0 Å². The van der Waals surface area contributed by atoms with Gasteiger partial charge in [0.25, 0.3) is 0 Å². The Morgan fingerprint density at radius 2 is 1.71 bits per heavy atom. The van der Waals surface area contributed by atoms with Crippen molar-refractivity contribution in [2.45, 2.75) is 66.7 Å². The highest BCUT2D eigenvalue weighted by Crippen LogP contribution is 2.33. The number of aromatic nitrogens is 4. The molecular formula is C30H42N6OS. The molecular weight excluding hydrogens is 492 g/mol. The Kier molecular flexibility index (Phi) is 8.61. The lowest BCUT2D eigenvalue weighted by Gasteiger charge is -2.22. The third-order valence-corrected chi connectivity index (χ3v) is 8.07. The molecule has 4 aromatic rings.